The molecule has 3 aromatic rings. The van der Waals surface area contributed by atoms with Gasteiger partial charge in [0, 0.05) is 24.1 Å². The molecule has 2 aromatic carbocycles. The lowest BCUT2D eigenvalue weighted by molar-refractivity contribution is 0.172. The second kappa shape index (κ2) is 4.70. The molecule has 2 N–H and O–H groups in total. The fourth-order valence-corrected chi connectivity index (χ4v) is 2.52. The highest BCUT2D eigenvalue weighted by Crippen LogP contribution is 2.34. The zero-order chi connectivity index (χ0) is 14.2. The third-order valence-corrected chi connectivity index (χ3v) is 3.54. The first-order valence-electron chi connectivity index (χ1n) is 6.85. The van der Waals surface area contributed by atoms with Gasteiger partial charge < -0.3 is 19.6 Å². The lowest BCUT2D eigenvalue weighted by atomic mass is 10.1. The predicted molar refractivity (Wildman–Crippen MR) is 78.0 cm³/mol. The van der Waals surface area contributed by atoms with Crippen LogP contribution in [0.1, 0.15) is 11.4 Å². The maximum absolute atomic E-state index is 9.84. The molecular formula is C16H14N2O3. The van der Waals surface area contributed by atoms with E-state index in [9.17, 15) is 5.11 Å². The van der Waals surface area contributed by atoms with Crippen molar-refractivity contribution in [2.24, 2.45) is 0 Å². The normalized spacial score (nSPS) is 13.5. The monoisotopic (exact) mass is 282 g/mol. The summed E-state index contributed by atoms with van der Waals surface area (Å²) in [6, 6.07) is 11.1. The number of hydrogen-bond donors (Lipinski definition) is 2. The lowest BCUT2D eigenvalue weighted by Crippen LogP contribution is -2.15. The zero-order valence-corrected chi connectivity index (χ0v) is 11.3. The minimum atomic E-state index is 0.281. The molecule has 106 valence electrons. The maximum Gasteiger partial charge on any atom is 0.163 e. The fraction of sp³-hybridized carbons (Fsp3) is 0.188. The van der Waals surface area contributed by atoms with Crippen LogP contribution in [-0.4, -0.2) is 28.3 Å². The first-order chi connectivity index (χ1) is 10.3. The highest BCUT2D eigenvalue weighted by molar-refractivity contribution is 5.80. The number of aromatic hydroxyl groups is 1. The van der Waals surface area contributed by atoms with Crippen LogP contribution in [0.25, 0.3) is 11.0 Å². The Morgan fingerprint density at radius 2 is 1.86 bits per heavy atom. The van der Waals surface area contributed by atoms with Crippen molar-refractivity contribution in [1.82, 2.24) is 9.97 Å². The van der Waals surface area contributed by atoms with E-state index in [0.29, 0.717) is 19.6 Å². The fourth-order valence-electron chi connectivity index (χ4n) is 2.52. The molecule has 5 nitrogen and oxygen atoms in total. The van der Waals surface area contributed by atoms with Gasteiger partial charge in [-0.15, -0.1) is 0 Å². The standard InChI is InChI=1S/C16H14N2O3/c19-13-4-2-1-3-10(13)7-16-17-11-8-14-15(9-12(11)18-16)21-6-5-20-14/h1-4,8-9,19H,5-7H2,(H,17,18). The highest BCUT2D eigenvalue weighted by Gasteiger charge is 2.15. The molecule has 0 saturated carbocycles. The predicted octanol–water partition coefficient (Wildman–Crippen LogP) is 2.63. The number of aromatic amines is 1. The third-order valence-electron chi connectivity index (χ3n) is 3.54. The SMILES string of the molecule is Oc1ccccc1Cc1nc2cc3c(cc2[nH]1)OCCO3. The molecule has 0 unspecified atom stereocenters. The Balaban J connectivity index is 1.72. The van der Waals surface area contributed by atoms with Crippen LogP contribution in [0, 0.1) is 0 Å². The van der Waals surface area contributed by atoms with Crippen LogP contribution in [0.2, 0.25) is 0 Å². The number of fused-ring (bicyclic) bond motifs is 2. The van der Waals surface area contributed by atoms with Crippen molar-refractivity contribution in [3.05, 3.63) is 47.8 Å². The van der Waals surface area contributed by atoms with Crippen molar-refractivity contribution in [1.29, 1.82) is 0 Å². The van der Waals surface area contributed by atoms with E-state index >= 15 is 0 Å². The molecule has 0 amide bonds. The quantitative estimate of drug-likeness (QED) is 0.758. The van der Waals surface area contributed by atoms with Crippen LogP contribution in [0.5, 0.6) is 17.2 Å². The summed E-state index contributed by atoms with van der Waals surface area (Å²) in [7, 11) is 0. The van der Waals surface area contributed by atoms with Gasteiger partial charge >= 0.3 is 0 Å². The van der Waals surface area contributed by atoms with Crippen molar-refractivity contribution < 1.29 is 14.6 Å². The number of rotatable bonds is 2. The number of hydrogen-bond acceptors (Lipinski definition) is 4. The zero-order valence-electron chi connectivity index (χ0n) is 11.3. The number of H-pyrrole nitrogens is 1. The van der Waals surface area contributed by atoms with Gasteiger partial charge in [-0.25, -0.2) is 4.98 Å². The summed E-state index contributed by atoms with van der Waals surface area (Å²) in [5.41, 5.74) is 2.59. The second-order valence-corrected chi connectivity index (χ2v) is 5.00. The lowest BCUT2D eigenvalue weighted by Gasteiger charge is -2.17. The summed E-state index contributed by atoms with van der Waals surface area (Å²) < 4.78 is 11.1. The Bertz CT molecular complexity index is 767. The van der Waals surface area contributed by atoms with E-state index in [1.807, 2.05) is 24.3 Å². The number of ether oxygens (including phenoxy) is 2. The summed E-state index contributed by atoms with van der Waals surface area (Å²) >= 11 is 0. The molecule has 1 aliphatic rings. The first-order valence-corrected chi connectivity index (χ1v) is 6.85. The number of phenols is 1. The van der Waals surface area contributed by atoms with Crippen LogP contribution in [0.15, 0.2) is 36.4 Å². The molecule has 0 bridgehead atoms. The number of nitrogens with zero attached hydrogens (tertiary/aromatic N) is 1. The molecule has 1 aromatic heterocycles. The van der Waals surface area contributed by atoms with Gasteiger partial charge in [-0.2, -0.15) is 0 Å². The number of nitrogens with one attached hydrogen (secondary N) is 1. The number of imidazole rings is 1. The highest BCUT2D eigenvalue weighted by atomic mass is 16.6. The molecular weight excluding hydrogens is 268 g/mol. The first kappa shape index (κ1) is 12.1. The molecule has 0 fully saturated rings. The molecule has 21 heavy (non-hydrogen) atoms. The summed E-state index contributed by atoms with van der Waals surface area (Å²) in [6.45, 7) is 1.13. The number of benzene rings is 2. The van der Waals surface area contributed by atoms with Crippen LogP contribution in [0.4, 0.5) is 0 Å². The van der Waals surface area contributed by atoms with Crippen LogP contribution in [-0.2, 0) is 6.42 Å². The minimum Gasteiger partial charge on any atom is -0.508 e. The van der Waals surface area contributed by atoms with Crippen molar-refractivity contribution in [3.8, 4) is 17.2 Å². The molecule has 5 heteroatoms. The van der Waals surface area contributed by atoms with E-state index in [0.717, 1.165) is 33.9 Å². The van der Waals surface area contributed by atoms with E-state index < -0.39 is 0 Å². The Kier molecular flexibility index (Phi) is 2.70. The van der Waals surface area contributed by atoms with E-state index in [2.05, 4.69) is 9.97 Å². The summed E-state index contributed by atoms with van der Waals surface area (Å²) in [5, 5.41) is 9.84. The molecule has 4 rings (SSSR count). The van der Waals surface area contributed by atoms with Gasteiger partial charge in [0.15, 0.2) is 11.5 Å². The largest absolute Gasteiger partial charge is 0.508 e. The van der Waals surface area contributed by atoms with Crippen molar-refractivity contribution >= 4 is 11.0 Å². The van der Waals surface area contributed by atoms with Crippen molar-refractivity contribution in [2.75, 3.05) is 13.2 Å². The average molecular weight is 282 g/mol. The van der Waals surface area contributed by atoms with Crippen LogP contribution in [0.3, 0.4) is 0 Å². The van der Waals surface area contributed by atoms with Crippen molar-refractivity contribution in [3.63, 3.8) is 0 Å². The molecule has 0 radical (unpaired) electrons. The van der Waals surface area contributed by atoms with E-state index in [1.165, 1.54) is 0 Å². The van der Waals surface area contributed by atoms with Crippen LogP contribution < -0.4 is 9.47 Å². The Labute approximate surface area is 121 Å². The van der Waals surface area contributed by atoms with Gasteiger partial charge in [0.2, 0.25) is 0 Å². The average Bonchev–Trinajstić information content (AvgIpc) is 2.88. The van der Waals surface area contributed by atoms with E-state index in [1.54, 1.807) is 12.1 Å². The van der Waals surface area contributed by atoms with Gasteiger partial charge in [0.1, 0.15) is 24.8 Å². The molecule has 0 saturated heterocycles. The van der Waals surface area contributed by atoms with Crippen molar-refractivity contribution in [2.45, 2.75) is 6.42 Å². The number of aromatic nitrogens is 2. The Hall–Kier alpha value is -2.69. The minimum absolute atomic E-state index is 0.281. The molecule has 1 aliphatic heterocycles. The molecule has 0 atom stereocenters. The smallest absolute Gasteiger partial charge is 0.163 e. The van der Waals surface area contributed by atoms with E-state index in [-0.39, 0.29) is 5.75 Å². The number of phenolic OH excluding ortho intramolecular Hbond substituents is 1. The third kappa shape index (κ3) is 2.16. The topological polar surface area (TPSA) is 67.4 Å². The van der Waals surface area contributed by atoms with Gasteiger partial charge in [-0.05, 0) is 6.07 Å². The Morgan fingerprint density at radius 1 is 1.10 bits per heavy atom. The molecule has 0 spiro atoms. The summed E-state index contributed by atoms with van der Waals surface area (Å²) in [5.74, 6) is 2.55. The molecule has 2 heterocycles. The van der Waals surface area contributed by atoms with Gasteiger partial charge in [-0.3, -0.25) is 0 Å². The van der Waals surface area contributed by atoms with Gasteiger partial charge in [0.05, 0.1) is 11.0 Å². The maximum atomic E-state index is 9.84. The van der Waals surface area contributed by atoms with Gasteiger partial charge in [-0.1, -0.05) is 18.2 Å². The summed E-state index contributed by atoms with van der Waals surface area (Å²) in [6.07, 6.45) is 0.549. The van der Waals surface area contributed by atoms with E-state index in [4.69, 9.17) is 9.47 Å². The number of para-hydroxylation sites is 1. The Morgan fingerprint density at radius 3 is 2.67 bits per heavy atom. The van der Waals surface area contributed by atoms with Crippen LogP contribution >= 0.6 is 0 Å². The molecule has 0 aliphatic carbocycles. The van der Waals surface area contributed by atoms with Gasteiger partial charge in [0.25, 0.3) is 0 Å². The summed E-state index contributed by atoms with van der Waals surface area (Å²) in [4.78, 5) is 7.82. The second-order valence-electron chi connectivity index (χ2n) is 5.00.